The van der Waals surface area contributed by atoms with E-state index in [0.29, 0.717) is 16.4 Å². The van der Waals surface area contributed by atoms with Crippen LogP contribution in [0.15, 0.2) is 41.8 Å². The Morgan fingerprint density at radius 1 is 1.17 bits per heavy atom. The minimum atomic E-state index is -0.702. The number of hydrogen-bond donors (Lipinski definition) is 0. The number of imide groups is 1. The van der Waals surface area contributed by atoms with Gasteiger partial charge in [-0.3, -0.25) is 19.3 Å². The zero-order chi connectivity index (χ0) is 21.0. The van der Waals surface area contributed by atoms with E-state index in [9.17, 15) is 14.4 Å². The summed E-state index contributed by atoms with van der Waals surface area (Å²) < 4.78 is 0. The van der Waals surface area contributed by atoms with Gasteiger partial charge in [0.15, 0.2) is 5.78 Å². The summed E-state index contributed by atoms with van der Waals surface area (Å²) in [4.78, 5) is 44.2. The number of fused-ring (bicyclic) bond motifs is 5. The van der Waals surface area contributed by atoms with Gasteiger partial charge in [0.05, 0.1) is 22.8 Å². The first-order chi connectivity index (χ1) is 14.5. The molecule has 2 aromatic rings. The fraction of sp³-hybridized carbons (Fsp3) is 0.348. The largest absolute Gasteiger partial charge is 0.352 e. The number of amides is 2. The average Bonchev–Trinajstić information content (AvgIpc) is 3.43. The summed E-state index contributed by atoms with van der Waals surface area (Å²) >= 11 is 7.54. The van der Waals surface area contributed by atoms with Crippen LogP contribution >= 0.6 is 22.9 Å². The lowest BCUT2D eigenvalue weighted by atomic mass is 9.87. The molecule has 0 bridgehead atoms. The molecule has 3 aliphatic rings. The van der Waals surface area contributed by atoms with Crippen molar-refractivity contribution in [2.24, 2.45) is 11.8 Å². The van der Waals surface area contributed by atoms with Gasteiger partial charge in [0.2, 0.25) is 11.8 Å². The number of benzene rings is 1. The third-order valence-electron chi connectivity index (χ3n) is 6.33. The van der Waals surface area contributed by atoms with Crippen LogP contribution in [0.1, 0.15) is 35.0 Å². The number of carbonyl (C=O) groups excluding carboxylic acids is 3. The molecule has 154 valence electrons. The van der Waals surface area contributed by atoms with Gasteiger partial charge in [-0.15, -0.1) is 11.3 Å². The predicted octanol–water partition coefficient (Wildman–Crippen LogP) is 4.27. The number of Topliss-reactive ketones (excluding diaryl/α,β-unsaturated/α-hetero) is 1. The Morgan fingerprint density at radius 2 is 1.97 bits per heavy atom. The van der Waals surface area contributed by atoms with E-state index >= 15 is 0 Å². The highest BCUT2D eigenvalue weighted by Crippen LogP contribution is 2.49. The molecule has 3 aliphatic heterocycles. The van der Waals surface area contributed by atoms with Crippen molar-refractivity contribution >= 4 is 52.3 Å². The van der Waals surface area contributed by atoms with E-state index in [0.717, 1.165) is 24.1 Å². The first-order valence-electron chi connectivity index (χ1n) is 10.2. The molecule has 0 radical (unpaired) electrons. The Kier molecular flexibility index (Phi) is 4.79. The van der Waals surface area contributed by atoms with Crippen LogP contribution in [0.25, 0.3) is 6.08 Å². The zero-order valence-electron chi connectivity index (χ0n) is 16.5. The Bertz CT molecular complexity index is 1060. The van der Waals surface area contributed by atoms with Gasteiger partial charge in [-0.2, -0.15) is 0 Å². The van der Waals surface area contributed by atoms with Crippen molar-refractivity contribution in [3.8, 4) is 0 Å². The molecular formula is C23H21ClN2O3S. The topological polar surface area (TPSA) is 57.7 Å². The summed E-state index contributed by atoms with van der Waals surface area (Å²) in [6.07, 6.45) is 5.57. The highest BCUT2D eigenvalue weighted by Gasteiger charge is 2.63. The summed E-state index contributed by atoms with van der Waals surface area (Å²) in [6, 6.07) is 8.12. The number of nitrogens with zero attached hydrogens (tertiary/aromatic N) is 2. The molecule has 2 saturated heterocycles. The molecule has 4 atom stereocenters. The van der Waals surface area contributed by atoms with Crippen LogP contribution in [-0.4, -0.2) is 41.1 Å². The lowest BCUT2D eigenvalue weighted by Crippen LogP contribution is -2.48. The van der Waals surface area contributed by atoms with Crippen molar-refractivity contribution in [2.75, 3.05) is 11.4 Å². The van der Waals surface area contributed by atoms with Crippen LogP contribution in [0.5, 0.6) is 0 Å². The minimum Gasteiger partial charge on any atom is -0.352 e. The molecule has 0 aliphatic carbocycles. The Labute approximate surface area is 183 Å². The van der Waals surface area contributed by atoms with Crippen LogP contribution < -0.4 is 4.90 Å². The lowest BCUT2D eigenvalue weighted by molar-refractivity contribution is -0.140. The van der Waals surface area contributed by atoms with Gasteiger partial charge in [0.1, 0.15) is 6.04 Å². The van der Waals surface area contributed by atoms with Crippen LogP contribution in [-0.2, 0) is 9.59 Å². The molecule has 1 aromatic carbocycles. The molecular weight excluding hydrogens is 420 g/mol. The number of thiophene rings is 1. The Morgan fingerprint density at radius 3 is 2.70 bits per heavy atom. The molecule has 2 amide bonds. The smallest absolute Gasteiger partial charge is 0.235 e. The predicted molar refractivity (Wildman–Crippen MR) is 118 cm³/mol. The molecule has 5 rings (SSSR count). The van der Waals surface area contributed by atoms with Gasteiger partial charge in [-0.1, -0.05) is 43.2 Å². The summed E-state index contributed by atoms with van der Waals surface area (Å²) in [6.45, 7) is 2.45. The second-order valence-corrected chi connectivity index (χ2v) is 9.36. The molecule has 0 N–H and O–H groups in total. The van der Waals surface area contributed by atoms with E-state index < -0.39 is 17.9 Å². The second-order valence-electron chi connectivity index (χ2n) is 7.98. The highest BCUT2D eigenvalue weighted by molar-refractivity contribution is 7.12. The number of halogens is 1. The number of likely N-dealkylation sites (tertiary alicyclic amines) is 1. The minimum absolute atomic E-state index is 0.0998. The summed E-state index contributed by atoms with van der Waals surface area (Å²) in [7, 11) is 0. The van der Waals surface area contributed by atoms with Crippen molar-refractivity contribution in [3.63, 3.8) is 0 Å². The molecule has 4 heterocycles. The number of anilines is 1. The molecule has 5 nitrogen and oxygen atoms in total. The average molecular weight is 441 g/mol. The van der Waals surface area contributed by atoms with E-state index in [4.69, 9.17) is 11.6 Å². The highest BCUT2D eigenvalue weighted by atomic mass is 35.5. The summed E-state index contributed by atoms with van der Waals surface area (Å²) in [5, 5.41) is 2.46. The summed E-state index contributed by atoms with van der Waals surface area (Å²) in [5.74, 6) is -1.68. The number of unbranched alkanes of at least 4 members (excludes halogenated alkanes) is 1. The third kappa shape index (κ3) is 2.77. The Balaban J connectivity index is 1.63. The van der Waals surface area contributed by atoms with E-state index in [2.05, 4.69) is 0 Å². The van der Waals surface area contributed by atoms with E-state index in [1.165, 1.54) is 16.2 Å². The van der Waals surface area contributed by atoms with Crippen LogP contribution in [0, 0.1) is 11.8 Å². The second kappa shape index (κ2) is 7.36. The first kappa shape index (κ1) is 19.5. The third-order valence-corrected chi connectivity index (χ3v) is 7.45. The molecule has 30 heavy (non-hydrogen) atoms. The zero-order valence-corrected chi connectivity index (χ0v) is 18.0. The molecule has 1 aromatic heterocycles. The van der Waals surface area contributed by atoms with Gasteiger partial charge in [-0.25, -0.2) is 0 Å². The van der Waals surface area contributed by atoms with Crippen molar-refractivity contribution in [3.05, 3.63) is 57.3 Å². The Hall–Kier alpha value is -2.44. The van der Waals surface area contributed by atoms with Crippen LogP contribution in [0.4, 0.5) is 5.69 Å². The van der Waals surface area contributed by atoms with E-state index in [1.54, 1.807) is 12.1 Å². The lowest BCUT2D eigenvalue weighted by Gasteiger charge is -2.36. The monoisotopic (exact) mass is 440 g/mol. The standard InChI is InChI=1S/C23H21ClN2O3S/c1-2-3-10-25-22(28)18-16-8-6-13-12-14(24)7-9-15(13)26(16)20(19(18)23(25)29)21(27)17-5-4-11-30-17/h4-9,11-12,16,18-20H,2-3,10H2,1H3/t16-,18+,19-,20-/m1/s1. The van der Waals surface area contributed by atoms with E-state index in [1.807, 2.05) is 47.6 Å². The SMILES string of the molecule is CCCCN1C(=O)[C@@H]2[C@@H](C1=O)[C@H](C(=O)c1cccs1)N1c3ccc(Cl)cc3C=C[C@H]21. The molecule has 0 saturated carbocycles. The van der Waals surface area contributed by atoms with E-state index in [-0.39, 0.29) is 23.6 Å². The first-order valence-corrected chi connectivity index (χ1v) is 11.5. The van der Waals surface area contributed by atoms with Crippen molar-refractivity contribution in [1.82, 2.24) is 4.90 Å². The maximum absolute atomic E-state index is 13.6. The van der Waals surface area contributed by atoms with Crippen LogP contribution in [0.2, 0.25) is 5.02 Å². The molecule has 2 fully saturated rings. The molecule has 7 heteroatoms. The summed E-state index contributed by atoms with van der Waals surface area (Å²) in [5.41, 5.74) is 1.74. The van der Waals surface area contributed by atoms with Gasteiger partial charge in [0.25, 0.3) is 0 Å². The normalized spacial score (nSPS) is 26.7. The fourth-order valence-corrected chi connectivity index (χ4v) is 5.89. The van der Waals surface area contributed by atoms with Crippen molar-refractivity contribution in [2.45, 2.75) is 31.8 Å². The maximum Gasteiger partial charge on any atom is 0.235 e. The number of carbonyl (C=O) groups is 3. The fourth-order valence-electron chi connectivity index (χ4n) is 5.01. The molecule has 0 unspecified atom stereocenters. The quantitative estimate of drug-likeness (QED) is 0.514. The van der Waals surface area contributed by atoms with Gasteiger partial charge in [-0.05, 0) is 41.6 Å². The number of hydrogen-bond acceptors (Lipinski definition) is 5. The number of ketones is 1. The van der Waals surface area contributed by atoms with Gasteiger partial charge < -0.3 is 4.90 Å². The maximum atomic E-state index is 13.6. The molecule has 0 spiro atoms. The van der Waals surface area contributed by atoms with Gasteiger partial charge in [0, 0.05) is 17.3 Å². The van der Waals surface area contributed by atoms with Crippen molar-refractivity contribution in [1.29, 1.82) is 0 Å². The number of rotatable bonds is 5. The van der Waals surface area contributed by atoms with Crippen LogP contribution in [0.3, 0.4) is 0 Å². The van der Waals surface area contributed by atoms with Crippen molar-refractivity contribution < 1.29 is 14.4 Å². The van der Waals surface area contributed by atoms with Gasteiger partial charge >= 0.3 is 0 Å².